The Balaban J connectivity index is 0.000000686. The SMILES string of the molecule is CF.O=c1ccn(C2CCC(CO)O2)c(=S)[nH]1. The van der Waals surface area contributed by atoms with Crippen molar-refractivity contribution in [2.75, 3.05) is 13.8 Å². The number of halogens is 1. The van der Waals surface area contributed by atoms with Gasteiger partial charge in [-0.05, 0) is 25.1 Å². The van der Waals surface area contributed by atoms with E-state index < -0.39 is 0 Å². The van der Waals surface area contributed by atoms with Crippen molar-refractivity contribution < 1.29 is 14.2 Å². The molecule has 0 saturated carbocycles. The quantitative estimate of drug-likeness (QED) is 0.785. The molecule has 0 aliphatic carbocycles. The summed E-state index contributed by atoms with van der Waals surface area (Å²) in [4.78, 5) is 13.5. The summed E-state index contributed by atoms with van der Waals surface area (Å²) in [5, 5.41) is 8.93. The first kappa shape index (κ1) is 14.0. The van der Waals surface area contributed by atoms with Crippen LogP contribution in [0.4, 0.5) is 4.39 Å². The summed E-state index contributed by atoms with van der Waals surface area (Å²) in [6, 6.07) is 1.41. The number of aromatic amines is 1. The molecule has 96 valence electrons. The van der Waals surface area contributed by atoms with E-state index in [4.69, 9.17) is 22.1 Å². The van der Waals surface area contributed by atoms with Crippen LogP contribution < -0.4 is 5.56 Å². The minimum Gasteiger partial charge on any atom is -0.394 e. The second kappa shape index (κ2) is 6.63. The smallest absolute Gasteiger partial charge is 0.251 e. The highest BCUT2D eigenvalue weighted by Gasteiger charge is 2.25. The molecular weight excluding hydrogens is 247 g/mol. The van der Waals surface area contributed by atoms with Crippen LogP contribution in [0.15, 0.2) is 17.1 Å². The van der Waals surface area contributed by atoms with Crippen molar-refractivity contribution in [3.05, 3.63) is 27.4 Å². The molecule has 0 spiro atoms. The molecule has 2 atom stereocenters. The standard InChI is InChI=1S/C9H12N2O3S.CH3F/c12-5-6-1-2-8(14-6)11-4-3-7(13)10-9(11)15;1-2/h3-4,6,8,12H,1-2,5H2,(H,10,13,15);1H3. The number of nitrogens with one attached hydrogen (secondary N) is 1. The molecule has 0 amide bonds. The number of H-pyrrole nitrogens is 1. The average Bonchev–Trinajstić information content (AvgIpc) is 2.80. The first-order valence-corrected chi connectivity index (χ1v) is 5.57. The highest BCUT2D eigenvalue weighted by Crippen LogP contribution is 2.27. The molecule has 2 unspecified atom stereocenters. The Kier molecular flexibility index (Phi) is 5.46. The van der Waals surface area contributed by atoms with Gasteiger partial charge in [0.25, 0.3) is 5.56 Å². The number of alkyl halides is 1. The summed E-state index contributed by atoms with van der Waals surface area (Å²) in [5.74, 6) is 0. The summed E-state index contributed by atoms with van der Waals surface area (Å²) in [6.07, 6.45) is 2.93. The molecule has 1 saturated heterocycles. The van der Waals surface area contributed by atoms with Crippen LogP contribution in [0.3, 0.4) is 0 Å². The molecule has 1 aliphatic heterocycles. The Labute approximate surface area is 103 Å². The predicted molar refractivity (Wildman–Crippen MR) is 63.1 cm³/mol. The lowest BCUT2D eigenvalue weighted by Gasteiger charge is -2.15. The maximum atomic E-state index is 11.0. The number of aliphatic hydroxyl groups is 1. The minimum absolute atomic E-state index is 0.0210. The molecule has 1 aromatic rings. The highest BCUT2D eigenvalue weighted by molar-refractivity contribution is 7.71. The highest BCUT2D eigenvalue weighted by atomic mass is 32.1. The number of ether oxygens (including phenoxy) is 1. The number of aromatic nitrogens is 2. The number of aliphatic hydroxyl groups excluding tert-OH is 1. The van der Waals surface area contributed by atoms with E-state index in [1.54, 1.807) is 10.8 Å². The Morgan fingerprint density at radius 1 is 1.65 bits per heavy atom. The number of hydrogen-bond acceptors (Lipinski definition) is 4. The molecule has 1 aliphatic rings. The first-order valence-electron chi connectivity index (χ1n) is 5.16. The van der Waals surface area contributed by atoms with Gasteiger partial charge in [-0.1, -0.05) is 0 Å². The molecule has 7 heteroatoms. The fraction of sp³-hybridized carbons (Fsp3) is 0.600. The van der Waals surface area contributed by atoms with Gasteiger partial charge < -0.3 is 9.84 Å². The lowest BCUT2D eigenvalue weighted by molar-refractivity contribution is -0.0237. The van der Waals surface area contributed by atoms with Gasteiger partial charge in [-0.15, -0.1) is 0 Å². The third kappa shape index (κ3) is 3.45. The van der Waals surface area contributed by atoms with E-state index in [-0.39, 0.29) is 24.5 Å². The molecule has 1 aromatic heterocycles. The Bertz CT molecular complexity index is 459. The number of rotatable bonds is 2. The summed E-state index contributed by atoms with van der Waals surface area (Å²) in [5.41, 5.74) is -0.215. The van der Waals surface area contributed by atoms with Gasteiger partial charge in [0.05, 0.1) is 19.9 Å². The Morgan fingerprint density at radius 3 is 2.88 bits per heavy atom. The van der Waals surface area contributed by atoms with E-state index in [9.17, 15) is 9.18 Å². The van der Waals surface area contributed by atoms with Gasteiger partial charge in [0.1, 0.15) is 6.23 Å². The van der Waals surface area contributed by atoms with E-state index in [1.165, 1.54) is 6.07 Å². The summed E-state index contributed by atoms with van der Waals surface area (Å²) in [6.45, 7) is 0.0210. The first-order chi connectivity index (χ1) is 8.20. The molecule has 2 rings (SSSR count). The Hall–Kier alpha value is -1.05. The third-order valence-corrected chi connectivity index (χ3v) is 2.76. The zero-order valence-electron chi connectivity index (χ0n) is 9.43. The van der Waals surface area contributed by atoms with Crippen LogP contribution in [0, 0.1) is 4.77 Å². The molecule has 0 radical (unpaired) electrons. The van der Waals surface area contributed by atoms with E-state index in [2.05, 4.69) is 4.98 Å². The second-order valence-electron chi connectivity index (χ2n) is 3.49. The van der Waals surface area contributed by atoms with Gasteiger partial charge in [-0.25, -0.2) is 0 Å². The van der Waals surface area contributed by atoms with Crippen LogP contribution >= 0.6 is 12.2 Å². The van der Waals surface area contributed by atoms with Gasteiger partial charge in [-0.2, -0.15) is 0 Å². The largest absolute Gasteiger partial charge is 0.394 e. The van der Waals surface area contributed by atoms with Crippen LogP contribution in [0.5, 0.6) is 0 Å². The van der Waals surface area contributed by atoms with E-state index in [0.717, 1.165) is 12.8 Å². The van der Waals surface area contributed by atoms with Crippen molar-refractivity contribution in [1.29, 1.82) is 0 Å². The molecule has 0 bridgehead atoms. The topological polar surface area (TPSA) is 67.2 Å². The van der Waals surface area contributed by atoms with Crippen LogP contribution in [-0.4, -0.2) is 34.5 Å². The maximum absolute atomic E-state index is 11.0. The summed E-state index contributed by atoms with van der Waals surface area (Å²) >= 11 is 5.02. The van der Waals surface area contributed by atoms with Gasteiger partial charge in [0.2, 0.25) is 0 Å². The predicted octanol–water partition coefficient (Wildman–Crippen LogP) is 1.16. The summed E-state index contributed by atoms with van der Waals surface area (Å²) < 4.78 is 17.1. The molecule has 2 heterocycles. The van der Waals surface area contributed by atoms with Crippen molar-refractivity contribution in [3.63, 3.8) is 0 Å². The summed E-state index contributed by atoms with van der Waals surface area (Å²) in [7, 11) is 0.500. The van der Waals surface area contributed by atoms with Gasteiger partial charge in [0.15, 0.2) is 4.77 Å². The van der Waals surface area contributed by atoms with Gasteiger partial charge >= 0.3 is 0 Å². The van der Waals surface area contributed by atoms with Crippen LogP contribution in [0.25, 0.3) is 0 Å². The molecule has 1 fully saturated rings. The molecule has 5 nitrogen and oxygen atoms in total. The van der Waals surface area contributed by atoms with E-state index in [1.807, 2.05) is 0 Å². The zero-order valence-corrected chi connectivity index (χ0v) is 10.2. The maximum Gasteiger partial charge on any atom is 0.251 e. The molecular formula is C10H15FN2O3S. The number of nitrogens with zero attached hydrogens (tertiary/aromatic N) is 1. The lowest BCUT2D eigenvalue weighted by atomic mass is 10.2. The molecule has 17 heavy (non-hydrogen) atoms. The van der Waals surface area contributed by atoms with E-state index >= 15 is 0 Å². The lowest BCUT2D eigenvalue weighted by Crippen LogP contribution is -2.18. The van der Waals surface area contributed by atoms with Gasteiger partial charge in [0, 0.05) is 12.3 Å². The average molecular weight is 262 g/mol. The fourth-order valence-electron chi connectivity index (χ4n) is 1.68. The normalized spacial score (nSPS) is 23.0. The molecule has 0 aromatic carbocycles. The van der Waals surface area contributed by atoms with Gasteiger partial charge in [-0.3, -0.25) is 18.7 Å². The Morgan fingerprint density at radius 2 is 2.35 bits per heavy atom. The minimum atomic E-state index is -0.215. The third-order valence-electron chi connectivity index (χ3n) is 2.45. The van der Waals surface area contributed by atoms with Crippen molar-refractivity contribution in [1.82, 2.24) is 9.55 Å². The van der Waals surface area contributed by atoms with Crippen LogP contribution in [0.1, 0.15) is 19.1 Å². The van der Waals surface area contributed by atoms with Crippen molar-refractivity contribution in [2.24, 2.45) is 0 Å². The van der Waals surface area contributed by atoms with Crippen molar-refractivity contribution >= 4 is 12.2 Å². The molecule has 2 N–H and O–H groups in total. The number of hydrogen-bond donors (Lipinski definition) is 2. The second-order valence-corrected chi connectivity index (χ2v) is 3.88. The van der Waals surface area contributed by atoms with Crippen molar-refractivity contribution in [3.8, 4) is 0 Å². The fourth-order valence-corrected chi connectivity index (χ4v) is 1.96. The van der Waals surface area contributed by atoms with E-state index in [0.29, 0.717) is 11.9 Å². The van der Waals surface area contributed by atoms with Crippen LogP contribution in [-0.2, 0) is 4.74 Å². The van der Waals surface area contributed by atoms with Crippen LogP contribution in [0.2, 0.25) is 0 Å². The zero-order chi connectivity index (χ0) is 12.8. The van der Waals surface area contributed by atoms with Crippen molar-refractivity contribution in [2.45, 2.75) is 25.2 Å². The monoisotopic (exact) mass is 262 g/mol.